The molecule has 2 N–H and O–H groups in total. The third-order valence-corrected chi connectivity index (χ3v) is 4.47. The molecule has 1 atom stereocenters. The van der Waals surface area contributed by atoms with Crippen LogP contribution in [0, 0.1) is 5.82 Å². The zero-order chi connectivity index (χ0) is 18.5. The average Bonchev–Trinajstić information content (AvgIpc) is 3.29. The summed E-state index contributed by atoms with van der Waals surface area (Å²) in [6, 6.07) is 8.58. The first kappa shape index (κ1) is 17.8. The molecule has 6 nitrogen and oxygen atoms in total. The van der Waals surface area contributed by atoms with Crippen LogP contribution in [0.4, 0.5) is 9.52 Å². The van der Waals surface area contributed by atoms with E-state index in [-0.39, 0.29) is 17.5 Å². The van der Waals surface area contributed by atoms with E-state index in [1.165, 1.54) is 35.8 Å². The predicted octanol–water partition coefficient (Wildman–Crippen LogP) is 3.22. The normalized spacial score (nSPS) is 11.8. The van der Waals surface area contributed by atoms with E-state index < -0.39 is 11.9 Å². The highest BCUT2D eigenvalue weighted by atomic mass is 32.1. The molecule has 2 aromatic heterocycles. The molecule has 3 aromatic rings. The van der Waals surface area contributed by atoms with Gasteiger partial charge in [0.25, 0.3) is 5.91 Å². The van der Waals surface area contributed by atoms with E-state index in [2.05, 4.69) is 15.6 Å². The number of benzene rings is 1. The maximum atomic E-state index is 12.9. The summed E-state index contributed by atoms with van der Waals surface area (Å²) in [4.78, 5) is 29.2. The largest absolute Gasteiger partial charge is 0.459 e. The van der Waals surface area contributed by atoms with Crippen LogP contribution in [0.1, 0.15) is 27.9 Å². The van der Waals surface area contributed by atoms with Crippen LogP contribution >= 0.6 is 11.3 Å². The number of thiazole rings is 1. The summed E-state index contributed by atoms with van der Waals surface area (Å²) in [6.07, 6.45) is 3.65. The van der Waals surface area contributed by atoms with Gasteiger partial charge in [-0.3, -0.25) is 9.59 Å². The van der Waals surface area contributed by atoms with Gasteiger partial charge in [0.05, 0.1) is 6.26 Å². The van der Waals surface area contributed by atoms with Crippen LogP contribution in [0.5, 0.6) is 0 Å². The molecule has 0 saturated heterocycles. The lowest BCUT2D eigenvalue weighted by Gasteiger charge is -2.11. The number of halogens is 1. The molecule has 0 saturated carbocycles. The number of amides is 2. The van der Waals surface area contributed by atoms with Gasteiger partial charge in [-0.05, 0) is 36.8 Å². The molecule has 0 spiro atoms. The number of carbonyl (C=O) groups excluding carboxylic acids is 2. The van der Waals surface area contributed by atoms with Crippen molar-refractivity contribution in [2.24, 2.45) is 0 Å². The number of rotatable bonds is 6. The number of nitrogens with zero attached hydrogens (tertiary/aromatic N) is 1. The van der Waals surface area contributed by atoms with Crippen LogP contribution in [-0.4, -0.2) is 22.8 Å². The Labute approximate surface area is 153 Å². The van der Waals surface area contributed by atoms with Crippen molar-refractivity contribution < 1.29 is 18.4 Å². The highest BCUT2D eigenvalue weighted by Crippen LogP contribution is 2.21. The second kappa shape index (κ2) is 7.92. The quantitative estimate of drug-likeness (QED) is 0.695. The van der Waals surface area contributed by atoms with Crippen molar-refractivity contribution in [3.63, 3.8) is 0 Å². The first-order valence-corrected chi connectivity index (χ1v) is 8.67. The van der Waals surface area contributed by atoms with E-state index in [1.54, 1.807) is 31.3 Å². The van der Waals surface area contributed by atoms with Crippen LogP contribution in [0.3, 0.4) is 0 Å². The number of aromatic nitrogens is 1. The van der Waals surface area contributed by atoms with Gasteiger partial charge in [-0.15, -0.1) is 11.3 Å². The molecule has 0 fully saturated rings. The summed E-state index contributed by atoms with van der Waals surface area (Å²) in [6.45, 7) is 1.57. The van der Waals surface area contributed by atoms with Crippen LogP contribution in [-0.2, 0) is 11.2 Å². The lowest BCUT2D eigenvalue weighted by molar-refractivity contribution is -0.117. The fraction of sp³-hybridized carbons (Fsp3) is 0.167. The van der Waals surface area contributed by atoms with Crippen molar-refractivity contribution in [1.82, 2.24) is 10.3 Å². The SMILES string of the molecule is CC(NC(=O)c1ccco1)C(=O)Nc1ncc(Cc2ccc(F)cc2)s1. The smallest absolute Gasteiger partial charge is 0.287 e. The zero-order valence-electron chi connectivity index (χ0n) is 13.9. The molecular weight excluding hydrogens is 357 g/mol. The van der Waals surface area contributed by atoms with E-state index in [4.69, 9.17) is 4.42 Å². The van der Waals surface area contributed by atoms with Gasteiger partial charge in [0.1, 0.15) is 11.9 Å². The van der Waals surface area contributed by atoms with E-state index in [1.807, 2.05) is 0 Å². The third-order valence-electron chi connectivity index (χ3n) is 3.56. The van der Waals surface area contributed by atoms with Crippen LogP contribution < -0.4 is 10.6 Å². The van der Waals surface area contributed by atoms with E-state index in [9.17, 15) is 14.0 Å². The Morgan fingerprint density at radius 3 is 2.73 bits per heavy atom. The zero-order valence-corrected chi connectivity index (χ0v) is 14.7. The first-order valence-electron chi connectivity index (χ1n) is 7.85. The Kier molecular flexibility index (Phi) is 5.43. The van der Waals surface area contributed by atoms with Crippen molar-refractivity contribution in [2.45, 2.75) is 19.4 Å². The molecular formula is C18H16FN3O3S. The van der Waals surface area contributed by atoms with Crippen LogP contribution in [0.25, 0.3) is 0 Å². The monoisotopic (exact) mass is 373 g/mol. The number of nitrogens with one attached hydrogen (secondary N) is 2. The molecule has 0 aliphatic rings. The fourth-order valence-corrected chi connectivity index (χ4v) is 3.05. The molecule has 3 rings (SSSR count). The Morgan fingerprint density at radius 2 is 2.04 bits per heavy atom. The molecule has 0 radical (unpaired) electrons. The minimum atomic E-state index is -0.753. The van der Waals surface area contributed by atoms with E-state index in [0.29, 0.717) is 11.6 Å². The third kappa shape index (κ3) is 4.54. The molecule has 134 valence electrons. The Hall–Kier alpha value is -3.00. The molecule has 0 bridgehead atoms. The second-order valence-corrected chi connectivity index (χ2v) is 6.71. The first-order chi connectivity index (χ1) is 12.5. The molecule has 0 aliphatic heterocycles. The molecule has 1 unspecified atom stereocenters. The van der Waals surface area contributed by atoms with Gasteiger partial charge >= 0.3 is 0 Å². The van der Waals surface area contributed by atoms with Crippen LogP contribution in [0.2, 0.25) is 0 Å². The summed E-state index contributed by atoms with van der Waals surface area (Å²) >= 11 is 1.33. The number of hydrogen-bond acceptors (Lipinski definition) is 5. The predicted molar refractivity (Wildman–Crippen MR) is 95.6 cm³/mol. The summed E-state index contributed by atoms with van der Waals surface area (Å²) < 4.78 is 17.9. The minimum Gasteiger partial charge on any atom is -0.459 e. The molecule has 8 heteroatoms. The molecule has 2 heterocycles. The van der Waals surface area contributed by atoms with Gasteiger partial charge in [-0.2, -0.15) is 0 Å². The lowest BCUT2D eigenvalue weighted by Crippen LogP contribution is -2.41. The summed E-state index contributed by atoms with van der Waals surface area (Å²) in [5.74, 6) is -0.988. The van der Waals surface area contributed by atoms with Gasteiger partial charge in [0, 0.05) is 17.5 Å². The van der Waals surface area contributed by atoms with Crippen molar-refractivity contribution in [2.75, 3.05) is 5.32 Å². The van der Waals surface area contributed by atoms with E-state index >= 15 is 0 Å². The van der Waals surface area contributed by atoms with Gasteiger partial charge < -0.3 is 15.1 Å². The molecule has 26 heavy (non-hydrogen) atoms. The highest BCUT2D eigenvalue weighted by Gasteiger charge is 2.19. The second-order valence-electron chi connectivity index (χ2n) is 5.60. The standard InChI is InChI=1S/C18H16FN3O3S/c1-11(21-17(24)15-3-2-8-25-15)16(23)22-18-20-10-14(26-18)9-12-4-6-13(19)7-5-12/h2-8,10-11H,9H2,1H3,(H,21,24)(H,20,22,23). The Morgan fingerprint density at radius 1 is 1.27 bits per heavy atom. The van der Waals surface area contributed by atoms with Gasteiger partial charge in [0.2, 0.25) is 5.91 Å². The average molecular weight is 373 g/mol. The van der Waals surface area contributed by atoms with Crippen molar-refractivity contribution in [3.8, 4) is 0 Å². The highest BCUT2D eigenvalue weighted by molar-refractivity contribution is 7.15. The maximum Gasteiger partial charge on any atom is 0.287 e. The summed E-state index contributed by atoms with van der Waals surface area (Å²) in [7, 11) is 0. The van der Waals surface area contributed by atoms with Gasteiger partial charge in [-0.1, -0.05) is 12.1 Å². The summed E-state index contributed by atoms with van der Waals surface area (Å²) in [5, 5.41) is 5.66. The van der Waals surface area contributed by atoms with Crippen molar-refractivity contribution in [3.05, 3.63) is 70.9 Å². The van der Waals surface area contributed by atoms with E-state index in [0.717, 1.165) is 10.4 Å². The number of hydrogen-bond donors (Lipinski definition) is 2. The Balaban J connectivity index is 1.55. The van der Waals surface area contributed by atoms with Crippen LogP contribution in [0.15, 0.2) is 53.3 Å². The maximum absolute atomic E-state index is 12.9. The molecule has 2 amide bonds. The number of carbonyl (C=O) groups is 2. The van der Waals surface area contributed by atoms with Gasteiger partial charge in [0.15, 0.2) is 10.9 Å². The van der Waals surface area contributed by atoms with Crippen molar-refractivity contribution >= 4 is 28.3 Å². The fourth-order valence-electron chi connectivity index (χ4n) is 2.21. The summed E-state index contributed by atoms with van der Waals surface area (Å²) in [5.41, 5.74) is 0.951. The lowest BCUT2D eigenvalue weighted by atomic mass is 10.1. The number of anilines is 1. The molecule has 1 aromatic carbocycles. The van der Waals surface area contributed by atoms with Gasteiger partial charge in [-0.25, -0.2) is 9.37 Å². The Bertz CT molecular complexity index is 891. The molecule has 0 aliphatic carbocycles. The number of furan rings is 1. The minimum absolute atomic E-state index is 0.139. The topological polar surface area (TPSA) is 84.2 Å². The van der Waals surface area contributed by atoms with Crippen molar-refractivity contribution in [1.29, 1.82) is 0 Å².